The number of rotatable bonds is 3. The van der Waals surface area contributed by atoms with E-state index in [1.165, 1.54) is 4.68 Å². The van der Waals surface area contributed by atoms with E-state index in [-0.39, 0.29) is 11.7 Å². The van der Waals surface area contributed by atoms with Crippen LogP contribution < -0.4 is 5.73 Å². The molecule has 0 aliphatic rings. The summed E-state index contributed by atoms with van der Waals surface area (Å²) < 4.78 is 6.71. The quantitative estimate of drug-likeness (QED) is 0.611. The standard InChI is InChI=1S/C15H10ClN7O/c16-10-2-1-3-11(8-10)23-13(17)12(20-22-23)15-19-14(21-24-15)9-4-6-18-7-5-9/h1-8H,17H2. The largest absolute Gasteiger partial charge is 0.382 e. The topological polar surface area (TPSA) is 109 Å². The van der Waals surface area contributed by atoms with Crippen LogP contribution in [-0.4, -0.2) is 30.1 Å². The van der Waals surface area contributed by atoms with Gasteiger partial charge in [0.2, 0.25) is 5.82 Å². The van der Waals surface area contributed by atoms with E-state index in [4.69, 9.17) is 21.9 Å². The zero-order chi connectivity index (χ0) is 16.5. The number of nitrogen functional groups attached to an aromatic ring is 1. The predicted molar refractivity (Wildman–Crippen MR) is 87.3 cm³/mol. The van der Waals surface area contributed by atoms with E-state index in [0.29, 0.717) is 22.2 Å². The molecule has 0 atom stereocenters. The van der Waals surface area contributed by atoms with Gasteiger partial charge in [-0.1, -0.05) is 28.0 Å². The van der Waals surface area contributed by atoms with E-state index in [2.05, 4.69) is 25.4 Å². The van der Waals surface area contributed by atoms with Gasteiger partial charge in [0.25, 0.3) is 5.89 Å². The number of hydrogen-bond donors (Lipinski definition) is 1. The molecule has 0 aliphatic heterocycles. The second-order valence-corrected chi connectivity index (χ2v) is 5.31. The summed E-state index contributed by atoms with van der Waals surface area (Å²) in [6.45, 7) is 0. The van der Waals surface area contributed by atoms with Crippen molar-refractivity contribution in [1.29, 1.82) is 0 Å². The van der Waals surface area contributed by atoms with Crippen LogP contribution in [0.5, 0.6) is 0 Å². The molecule has 0 saturated carbocycles. The number of anilines is 1. The normalized spacial score (nSPS) is 10.9. The molecule has 0 unspecified atom stereocenters. The summed E-state index contributed by atoms with van der Waals surface area (Å²) in [7, 11) is 0. The van der Waals surface area contributed by atoms with E-state index in [0.717, 1.165) is 5.56 Å². The SMILES string of the molecule is Nc1c(-c2nc(-c3ccncc3)no2)nnn1-c1cccc(Cl)c1. The van der Waals surface area contributed by atoms with Crippen LogP contribution in [0.3, 0.4) is 0 Å². The highest BCUT2D eigenvalue weighted by atomic mass is 35.5. The molecule has 8 nitrogen and oxygen atoms in total. The molecule has 4 aromatic rings. The zero-order valence-corrected chi connectivity index (χ0v) is 12.9. The van der Waals surface area contributed by atoms with Crippen LogP contribution in [0.2, 0.25) is 5.02 Å². The Kier molecular flexibility index (Phi) is 3.43. The van der Waals surface area contributed by atoms with Crippen molar-refractivity contribution in [1.82, 2.24) is 30.1 Å². The maximum absolute atomic E-state index is 6.12. The minimum atomic E-state index is 0.188. The summed E-state index contributed by atoms with van der Waals surface area (Å²) in [4.78, 5) is 8.26. The molecule has 1 aromatic carbocycles. The number of aromatic nitrogens is 6. The molecule has 3 aromatic heterocycles. The predicted octanol–water partition coefficient (Wildman–Crippen LogP) is 2.61. The second-order valence-electron chi connectivity index (χ2n) is 4.87. The fourth-order valence-corrected chi connectivity index (χ4v) is 2.36. The first kappa shape index (κ1) is 14.3. The van der Waals surface area contributed by atoms with Crippen molar-refractivity contribution in [3.8, 4) is 28.7 Å². The molecule has 4 rings (SSSR count). The summed E-state index contributed by atoms with van der Waals surface area (Å²) in [5.41, 5.74) is 7.90. The van der Waals surface area contributed by atoms with Gasteiger partial charge in [-0.15, -0.1) is 5.10 Å². The van der Waals surface area contributed by atoms with Gasteiger partial charge in [0.1, 0.15) is 0 Å². The van der Waals surface area contributed by atoms with E-state index < -0.39 is 0 Å². The molecule has 0 radical (unpaired) electrons. The van der Waals surface area contributed by atoms with E-state index in [1.54, 1.807) is 42.7 Å². The highest BCUT2D eigenvalue weighted by Crippen LogP contribution is 2.26. The molecule has 0 spiro atoms. The lowest BCUT2D eigenvalue weighted by atomic mass is 10.2. The third-order valence-corrected chi connectivity index (χ3v) is 3.56. The van der Waals surface area contributed by atoms with Gasteiger partial charge in [0, 0.05) is 23.0 Å². The third kappa shape index (κ3) is 2.48. The Morgan fingerprint density at radius 3 is 2.75 bits per heavy atom. The van der Waals surface area contributed by atoms with Gasteiger partial charge < -0.3 is 10.3 Å². The molecule has 0 amide bonds. The van der Waals surface area contributed by atoms with Gasteiger partial charge in [0.05, 0.1) is 5.69 Å². The number of benzene rings is 1. The minimum absolute atomic E-state index is 0.188. The van der Waals surface area contributed by atoms with E-state index >= 15 is 0 Å². The van der Waals surface area contributed by atoms with Gasteiger partial charge in [-0.2, -0.15) is 9.67 Å². The Bertz CT molecular complexity index is 996. The molecule has 2 N–H and O–H groups in total. The average Bonchev–Trinajstić information content (AvgIpc) is 3.22. The minimum Gasteiger partial charge on any atom is -0.382 e. The van der Waals surface area contributed by atoms with Crippen LogP contribution in [0.15, 0.2) is 53.3 Å². The number of hydrogen-bond acceptors (Lipinski definition) is 7. The Morgan fingerprint density at radius 2 is 1.96 bits per heavy atom. The van der Waals surface area contributed by atoms with Crippen molar-refractivity contribution in [3.05, 3.63) is 53.8 Å². The summed E-state index contributed by atoms with van der Waals surface area (Å²) in [6.07, 6.45) is 3.30. The molecular weight excluding hydrogens is 330 g/mol. The lowest BCUT2D eigenvalue weighted by Crippen LogP contribution is -2.02. The number of pyridine rings is 1. The number of nitrogens with zero attached hydrogens (tertiary/aromatic N) is 6. The van der Waals surface area contributed by atoms with Gasteiger partial charge in [-0.25, -0.2) is 0 Å². The first-order chi connectivity index (χ1) is 11.7. The number of nitrogens with two attached hydrogens (primary N) is 1. The summed E-state index contributed by atoms with van der Waals surface area (Å²) in [5.74, 6) is 0.888. The average molecular weight is 340 g/mol. The maximum atomic E-state index is 6.12. The molecular formula is C15H10ClN7O. The highest BCUT2D eigenvalue weighted by molar-refractivity contribution is 6.30. The monoisotopic (exact) mass is 339 g/mol. The molecule has 0 aliphatic carbocycles. The maximum Gasteiger partial charge on any atom is 0.282 e. The third-order valence-electron chi connectivity index (χ3n) is 3.32. The van der Waals surface area contributed by atoms with Crippen molar-refractivity contribution in [3.63, 3.8) is 0 Å². The lowest BCUT2D eigenvalue weighted by Gasteiger charge is -2.02. The zero-order valence-electron chi connectivity index (χ0n) is 12.2. The Hall–Kier alpha value is -3.26. The van der Waals surface area contributed by atoms with Crippen LogP contribution in [0.25, 0.3) is 28.7 Å². The van der Waals surface area contributed by atoms with Crippen molar-refractivity contribution < 1.29 is 4.52 Å². The molecule has 24 heavy (non-hydrogen) atoms. The molecule has 3 heterocycles. The summed E-state index contributed by atoms with van der Waals surface area (Å²) in [5, 5.41) is 12.6. The summed E-state index contributed by atoms with van der Waals surface area (Å²) >= 11 is 5.99. The smallest absolute Gasteiger partial charge is 0.282 e. The van der Waals surface area contributed by atoms with Gasteiger partial charge >= 0.3 is 0 Å². The Labute approximate surface area is 140 Å². The Balaban J connectivity index is 1.73. The first-order valence-corrected chi connectivity index (χ1v) is 7.32. The van der Waals surface area contributed by atoms with Crippen molar-refractivity contribution in [2.75, 3.05) is 5.73 Å². The molecule has 9 heteroatoms. The molecule has 0 fully saturated rings. The van der Waals surface area contributed by atoms with Gasteiger partial charge in [-0.3, -0.25) is 4.98 Å². The van der Waals surface area contributed by atoms with Crippen LogP contribution in [0.1, 0.15) is 0 Å². The first-order valence-electron chi connectivity index (χ1n) is 6.94. The second kappa shape index (κ2) is 5.74. The van der Waals surface area contributed by atoms with Crippen LogP contribution >= 0.6 is 11.6 Å². The number of halogens is 1. The molecule has 118 valence electrons. The molecule has 0 saturated heterocycles. The van der Waals surface area contributed by atoms with Crippen LogP contribution in [0, 0.1) is 0 Å². The van der Waals surface area contributed by atoms with Crippen molar-refractivity contribution >= 4 is 17.4 Å². The Morgan fingerprint density at radius 1 is 1.12 bits per heavy atom. The van der Waals surface area contributed by atoms with Gasteiger partial charge in [-0.05, 0) is 30.3 Å². The lowest BCUT2D eigenvalue weighted by molar-refractivity contribution is 0.431. The molecule has 0 bridgehead atoms. The fraction of sp³-hybridized carbons (Fsp3) is 0. The van der Waals surface area contributed by atoms with Crippen LogP contribution in [0.4, 0.5) is 5.82 Å². The van der Waals surface area contributed by atoms with Gasteiger partial charge in [0.15, 0.2) is 11.5 Å². The summed E-state index contributed by atoms with van der Waals surface area (Å²) in [6, 6.07) is 10.7. The van der Waals surface area contributed by atoms with E-state index in [9.17, 15) is 0 Å². The van der Waals surface area contributed by atoms with E-state index in [1.807, 2.05) is 6.07 Å². The van der Waals surface area contributed by atoms with Crippen molar-refractivity contribution in [2.45, 2.75) is 0 Å². The van der Waals surface area contributed by atoms with Crippen LogP contribution in [-0.2, 0) is 0 Å². The van der Waals surface area contributed by atoms with Crippen molar-refractivity contribution in [2.24, 2.45) is 0 Å². The highest BCUT2D eigenvalue weighted by Gasteiger charge is 2.19. The fourth-order valence-electron chi connectivity index (χ4n) is 2.18.